The van der Waals surface area contributed by atoms with E-state index in [-0.39, 0.29) is 23.5 Å². The number of aromatic nitrogens is 2. The average molecular weight is 543 g/mol. The van der Waals surface area contributed by atoms with Gasteiger partial charge in [-0.25, -0.2) is 14.8 Å². The molecule has 1 aliphatic rings. The van der Waals surface area contributed by atoms with Crippen LogP contribution in [-0.4, -0.2) is 57.4 Å². The van der Waals surface area contributed by atoms with E-state index in [4.69, 9.17) is 26.2 Å². The summed E-state index contributed by atoms with van der Waals surface area (Å²) < 4.78 is 11.5. The number of carbonyl (C=O) groups is 2. The van der Waals surface area contributed by atoms with Crippen LogP contribution in [0, 0.1) is 11.3 Å². The predicted molar refractivity (Wildman–Crippen MR) is 149 cm³/mol. The van der Waals surface area contributed by atoms with E-state index in [0.717, 1.165) is 0 Å². The van der Waals surface area contributed by atoms with E-state index in [0.29, 0.717) is 47.7 Å². The molecule has 2 aromatic heterocycles. The summed E-state index contributed by atoms with van der Waals surface area (Å²) in [5.74, 6) is 0.927. The van der Waals surface area contributed by atoms with Gasteiger partial charge in [0.2, 0.25) is 0 Å². The molecule has 206 valence electrons. The summed E-state index contributed by atoms with van der Waals surface area (Å²) in [6, 6.07) is 12.8. The first-order valence-corrected chi connectivity index (χ1v) is 12.5. The second kappa shape index (κ2) is 11.7. The highest BCUT2D eigenvalue weighted by molar-refractivity contribution is 6.04. The molecular formula is C28H30N8O4. The number of hydrogen-bond donors (Lipinski definition) is 3. The number of pyridine rings is 2. The molecule has 4 rings (SSSR count). The quantitative estimate of drug-likeness (QED) is 0.309. The van der Waals surface area contributed by atoms with E-state index >= 15 is 0 Å². The number of nitrogens with zero attached hydrogens (tertiary/aromatic N) is 5. The van der Waals surface area contributed by atoms with Crippen molar-refractivity contribution in [3.05, 3.63) is 71.5 Å². The van der Waals surface area contributed by atoms with Gasteiger partial charge in [-0.1, -0.05) is 0 Å². The van der Waals surface area contributed by atoms with Crippen molar-refractivity contribution in [3.8, 4) is 17.6 Å². The van der Waals surface area contributed by atoms with Crippen molar-refractivity contribution >= 4 is 29.5 Å². The monoisotopic (exact) mass is 542 g/mol. The molecule has 0 radical (unpaired) electrons. The predicted octanol–water partition coefficient (Wildman–Crippen LogP) is 3.69. The second-order valence-corrected chi connectivity index (χ2v) is 10.1. The number of nitrogens with one attached hydrogen (secondary N) is 1. The van der Waals surface area contributed by atoms with Gasteiger partial charge in [0.1, 0.15) is 40.1 Å². The highest BCUT2D eigenvalue weighted by Gasteiger charge is 2.30. The van der Waals surface area contributed by atoms with Crippen LogP contribution in [-0.2, 0) is 4.74 Å². The molecule has 12 heteroatoms. The zero-order valence-corrected chi connectivity index (χ0v) is 22.4. The Labute approximate surface area is 231 Å². The first kappa shape index (κ1) is 27.8. The number of nitriles is 1. The summed E-state index contributed by atoms with van der Waals surface area (Å²) in [7, 11) is 0. The Balaban J connectivity index is 1.45. The van der Waals surface area contributed by atoms with Gasteiger partial charge < -0.3 is 31.2 Å². The second-order valence-electron chi connectivity index (χ2n) is 10.1. The van der Waals surface area contributed by atoms with Gasteiger partial charge in [0.25, 0.3) is 5.91 Å². The fraction of sp³-hybridized carbons (Fsp3) is 0.286. The van der Waals surface area contributed by atoms with Crippen LogP contribution >= 0.6 is 0 Å². The number of hydrogen-bond acceptors (Lipinski definition) is 9. The summed E-state index contributed by atoms with van der Waals surface area (Å²) in [6.07, 6.45) is 3.17. The van der Waals surface area contributed by atoms with Gasteiger partial charge >= 0.3 is 6.09 Å². The number of carbonyl (C=O) groups excluding carboxylic acids is 2. The third kappa shape index (κ3) is 7.02. The lowest BCUT2D eigenvalue weighted by molar-refractivity contribution is 0.0292. The summed E-state index contributed by atoms with van der Waals surface area (Å²) in [4.78, 5) is 39.4. The van der Waals surface area contributed by atoms with Crippen molar-refractivity contribution in [2.24, 2.45) is 10.7 Å². The van der Waals surface area contributed by atoms with Gasteiger partial charge in [0.05, 0.1) is 17.7 Å². The van der Waals surface area contributed by atoms with Crippen LogP contribution in [0.3, 0.4) is 0 Å². The number of anilines is 2. The average Bonchev–Trinajstić information content (AvgIpc) is 3.37. The molecule has 0 spiro atoms. The van der Waals surface area contributed by atoms with Crippen molar-refractivity contribution in [1.29, 1.82) is 5.26 Å². The number of aliphatic imine (C=N–C) groups is 1. The number of benzene rings is 1. The molecular weight excluding hydrogens is 512 g/mol. The fourth-order valence-corrected chi connectivity index (χ4v) is 3.96. The van der Waals surface area contributed by atoms with E-state index in [1.807, 2.05) is 26.8 Å². The first-order valence-electron chi connectivity index (χ1n) is 12.5. The van der Waals surface area contributed by atoms with Crippen LogP contribution in [0.2, 0.25) is 0 Å². The Morgan fingerprint density at radius 1 is 1.15 bits per heavy atom. The molecule has 5 N–H and O–H groups in total. The van der Waals surface area contributed by atoms with Gasteiger partial charge in [-0.3, -0.25) is 9.79 Å². The molecule has 3 heterocycles. The van der Waals surface area contributed by atoms with Crippen molar-refractivity contribution < 1.29 is 19.1 Å². The molecule has 1 aliphatic heterocycles. The minimum atomic E-state index is -0.586. The highest BCUT2D eigenvalue weighted by Crippen LogP contribution is 2.29. The lowest BCUT2D eigenvalue weighted by atomic mass is 10.2. The minimum absolute atomic E-state index is 0.139. The molecule has 3 aromatic rings. The molecule has 1 aromatic carbocycles. The Hall–Kier alpha value is -5.18. The number of amidine groups is 1. The van der Waals surface area contributed by atoms with Gasteiger partial charge in [-0.05, 0) is 63.6 Å². The molecule has 0 bridgehead atoms. The van der Waals surface area contributed by atoms with Crippen LogP contribution in [0.1, 0.15) is 48.7 Å². The van der Waals surface area contributed by atoms with Gasteiger partial charge in [-0.2, -0.15) is 5.26 Å². The Bertz CT molecular complexity index is 1470. The van der Waals surface area contributed by atoms with Crippen LogP contribution in [0.5, 0.6) is 11.5 Å². The van der Waals surface area contributed by atoms with Gasteiger partial charge in [0.15, 0.2) is 0 Å². The molecule has 0 saturated carbocycles. The van der Waals surface area contributed by atoms with Gasteiger partial charge in [-0.15, -0.1) is 0 Å². The van der Waals surface area contributed by atoms with Crippen LogP contribution in [0.25, 0.3) is 0 Å². The number of nitrogen functional groups attached to an aromatic ring is 1. The Morgan fingerprint density at radius 2 is 1.88 bits per heavy atom. The third-order valence-electron chi connectivity index (χ3n) is 5.81. The lowest BCUT2D eigenvalue weighted by Crippen LogP contribution is -2.35. The van der Waals surface area contributed by atoms with E-state index in [1.165, 1.54) is 18.5 Å². The Kier molecular flexibility index (Phi) is 8.14. The van der Waals surface area contributed by atoms with E-state index in [2.05, 4.69) is 20.3 Å². The van der Waals surface area contributed by atoms with Crippen molar-refractivity contribution in [2.45, 2.75) is 38.8 Å². The SMILES string of the molecule is CC(C)(C)OC(=O)N1CCC(N=C(N)c2c(Oc3ccc(C(=O)Nc4cc(C#N)ccn4)cc3)ccnc2N)C1. The lowest BCUT2D eigenvalue weighted by Gasteiger charge is -2.24. The smallest absolute Gasteiger partial charge is 0.410 e. The zero-order chi connectivity index (χ0) is 28.9. The van der Waals surface area contributed by atoms with Crippen LogP contribution in [0.15, 0.2) is 59.9 Å². The summed E-state index contributed by atoms with van der Waals surface area (Å²) in [5.41, 5.74) is 13.0. The number of nitrogens with two attached hydrogens (primary N) is 2. The molecule has 2 amide bonds. The van der Waals surface area contributed by atoms with Crippen LogP contribution in [0.4, 0.5) is 16.4 Å². The summed E-state index contributed by atoms with van der Waals surface area (Å²) in [6.45, 7) is 6.32. The topological polar surface area (TPSA) is 182 Å². The molecule has 12 nitrogen and oxygen atoms in total. The molecule has 1 atom stereocenters. The summed E-state index contributed by atoms with van der Waals surface area (Å²) in [5, 5.41) is 11.7. The zero-order valence-electron chi connectivity index (χ0n) is 22.4. The highest BCUT2D eigenvalue weighted by atomic mass is 16.6. The van der Waals surface area contributed by atoms with Gasteiger partial charge in [0, 0.05) is 37.1 Å². The third-order valence-corrected chi connectivity index (χ3v) is 5.81. The van der Waals surface area contributed by atoms with E-state index < -0.39 is 17.6 Å². The van der Waals surface area contributed by atoms with Crippen molar-refractivity contribution in [2.75, 3.05) is 24.1 Å². The maximum Gasteiger partial charge on any atom is 0.410 e. The van der Waals surface area contributed by atoms with Crippen molar-refractivity contribution in [3.63, 3.8) is 0 Å². The Morgan fingerprint density at radius 3 is 2.58 bits per heavy atom. The normalized spacial score (nSPS) is 15.3. The maximum absolute atomic E-state index is 12.6. The number of ether oxygens (including phenoxy) is 2. The standard InChI is InChI=1S/C28H30N8O4/c1-28(2,3)40-27(38)36-13-10-19(16-36)34-25(31)23-21(9-12-33-24(23)30)39-20-6-4-18(5-7-20)26(37)35-22-14-17(15-29)8-11-32-22/h4-9,11-12,14,19H,10,13,16H2,1-3H3,(H2,30,33)(H2,31,34)(H,32,35,37). The molecule has 1 fully saturated rings. The first-order chi connectivity index (χ1) is 19.0. The maximum atomic E-state index is 12.6. The number of rotatable bonds is 6. The molecule has 1 unspecified atom stereocenters. The van der Waals surface area contributed by atoms with E-state index in [9.17, 15) is 9.59 Å². The largest absolute Gasteiger partial charge is 0.456 e. The molecule has 0 aliphatic carbocycles. The van der Waals surface area contributed by atoms with E-state index in [1.54, 1.807) is 41.3 Å². The van der Waals surface area contributed by atoms with Crippen LogP contribution < -0.4 is 21.5 Å². The minimum Gasteiger partial charge on any atom is -0.456 e. The molecule has 40 heavy (non-hydrogen) atoms. The van der Waals surface area contributed by atoms with Crippen molar-refractivity contribution in [1.82, 2.24) is 14.9 Å². The summed E-state index contributed by atoms with van der Waals surface area (Å²) >= 11 is 0. The molecule has 1 saturated heterocycles. The fourth-order valence-electron chi connectivity index (χ4n) is 3.96. The number of likely N-dealkylation sites (tertiary alicyclic amines) is 1. The number of amides is 2.